The van der Waals surface area contributed by atoms with Crippen LogP contribution in [0.2, 0.25) is 0 Å². The molecule has 1 spiro atoms. The van der Waals surface area contributed by atoms with Gasteiger partial charge in [0.15, 0.2) is 0 Å². The molecule has 0 bridgehead atoms. The Bertz CT molecular complexity index is 858. The van der Waals surface area contributed by atoms with Crippen LogP contribution in [0.3, 0.4) is 0 Å². The van der Waals surface area contributed by atoms with Crippen molar-refractivity contribution in [3.8, 4) is 0 Å². The Balaban J connectivity index is 2.07. The maximum absolute atomic E-state index is 12.8. The average Bonchev–Trinajstić information content (AvgIpc) is 2.79. The minimum Gasteiger partial charge on any atom is -0.360 e. The number of benzene rings is 1. The van der Waals surface area contributed by atoms with E-state index in [1.165, 1.54) is 0 Å². The molecule has 1 aromatic carbocycles. The molecule has 1 aliphatic heterocycles. The SMILES string of the molecule is CC1=C[C@]2(C(C)=C[C@H]1OCC(F)(F)F)C(c1ccccc1)=C(I)C(=O)N2C. The van der Waals surface area contributed by atoms with Crippen molar-refractivity contribution < 1.29 is 22.7 Å². The van der Waals surface area contributed by atoms with Crippen molar-refractivity contribution in [2.24, 2.45) is 0 Å². The van der Waals surface area contributed by atoms with E-state index in [0.29, 0.717) is 9.15 Å². The minimum absolute atomic E-state index is 0.110. The van der Waals surface area contributed by atoms with Gasteiger partial charge in [-0.1, -0.05) is 30.3 Å². The molecular formula is C20H19F3INO2. The molecule has 2 atom stereocenters. The summed E-state index contributed by atoms with van der Waals surface area (Å²) in [5.41, 5.74) is 2.34. The summed E-state index contributed by atoms with van der Waals surface area (Å²) in [6.07, 6.45) is -1.61. The molecule has 0 fully saturated rings. The fourth-order valence-corrected chi connectivity index (χ4v) is 4.79. The standard InChI is InChI=1S/C20H19F3INO2/c1-12-10-19(13(2)9-15(12)27-11-20(21,22)23)16(14-7-5-4-6-8-14)17(24)18(26)25(19)3/h4-10,15H,11H2,1-3H3/t15-,19+/m1/s1. The molecule has 3 nitrogen and oxygen atoms in total. The number of carbonyl (C=O) groups excluding carboxylic acids is 1. The van der Waals surface area contributed by atoms with Crippen LogP contribution in [0.1, 0.15) is 19.4 Å². The van der Waals surface area contributed by atoms with Gasteiger partial charge in [-0.05, 0) is 65.3 Å². The van der Waals surface area contributed by atoms with E-state index >= 15 is 0 Å². The highest BCUT2D eigenvalue weighted by Crippen LogP contribution is 2.50. The van der Waals surface area contributed by atoms with Crippen LogP contribution in [0.25, 0.3) is 5.57 Å². The number of likely N-dealkylation sites (N-methyl/N-ethyl adjacent to an activating group) is 1. The molecule has 0 saturated carbocycles. The quantitative estimate of drug-likeness (QED) is 0.447. The normalized spacial score (nSPS) is 26.0. The summed E-state index contributed by atoms with van der Waals surface area (Å²) < 4.78 is 43.3. The first-order valence-electron chi connectivity index (χ1n) is 8.38. The zero-order valence-electron chi connectivity index (χ0n) is 15.1. The van der Waals surface area contributed by atoms with Crippen LogP contribution in [0.15, 0.2) is 57.2 Å². The van der Waals surface area contributed by atoms with Crippen LogP contribution in [0.4, 0.5) is 13.2 Å². The second kappa shape index (κ2) is 7.09. The van der Waals surface area contributed by atoms with E-state index in [-0.39, 0.29) is 5.91 Å². The van der Waals surface area contributed by atoms with Gasteiger partial charge < -0.3 is 9.64 Å². The number of hydrogen-bond donors (Lipinski definition) is 0. The van der Waals surface area contributed by atoms with Gasteiger partial charge in [-0.2, -0.15) is 13.2 Å². The van der Waals surface area contributed by atoms with Crippen molar-refractivity contribution in [3.05, 3.63) is 62.8 Å². The predicted molar refractivity (Wildman–Crippen MR) is 106 cm³/mol. The Labute approximate surface area is 169 Å². The minimum atomic E-state index is -4.39. The van der Waals surface area contributed by atoms with E-state index < -0.39 is 24.4 Å². The topological polar surface area (TPSA) is 29.5 Å². The van der Waals surface area contributed by atoms with Gasteiger partial charge in [0.1, 0.15) is 12.1 Å². The Hall–Kier alpha value is -1.61. The highest BCUT2D eigenvalue weighted by Gasteiger charge is 2.51. The van der Waals surface area contributed by atoms with Gasteiger partial charge in [0.05, 0.1) is 9.68 Å². The number of alkyl halides is 3. The molecule has 1 aliphatic carbocycles. The van der Waals surface area contributed by atoms with E-state index in [1.54, 1.807) is 24.9 Å². The maximum atomic E-state index is 12.8. The van der Waals surface area contributed by atoms with Crippen LogP contribution >= 0.6 is 22.6 Å². The summed E-state index contributed by atoms with van der Waals surface area (Å²) in [4.78, 5) is 14.4. The zero-order chi connectivity index (χ0) is 20.0. The van der Waals surface area contributed by atoms with Crippen molar-refractivity contribution in [1.29, 1.82) is 0 Å². The number of amides is 1. The van der Waals surface area contributed by atoms with Crippen LogP contribution in [-0.2, 0) is 9.53 Å². The van der Waals surface area contributed by atoms with Crippen molar-refractivity contribution in [2.75, 3.05) is 13.7 Å². The summed E-state index contributed by atoms with van der Waals surface area (Å²) >= 11 is 2.05. The third-order valence-electron chi connectivity index (χ3n) is 5.00. The van der Waals surface area contributed by atoms with E-state index in [2.05, 4.69) is 22.6 Å². The number of rotatable bonds is 3. The van der Waals surface area contributed by atoms with Gasteiger partial charge in [0, 0.05) is 12.6 Å². The third kappa shape index (κ3) is 3.47. The predicted octanol–water partition coefficient (Wildman–Crippen LogP) is 4.90. The summed E-state index contributed by atoms with van der Waals surface area (Å²) in [7, 11) is 1.72. The lowest BCUT2D eigenvalue weighted by atomic mass is 9.75. The lowest BCUT2D eigenvalue weighted by Gasteiger charge is -2.41. The van der Waals surface area contributed by atoms with Crippen molar-refractivity contribution in [1.82, 2.24) is 4.90 Å². The Morgan fingerprint density at radius 3 is 2.44 bits per heavy atom. The lowest BCUT2D eigenvalue weighted by molar-refractivity contribution is -0.178. The molecule has 144 valence electrons. The molecule has 0 aromatic heterocycles. The Kier molecular flexibility index (Phi) is 5.28. The van der Waals surface area contributed by atoms with Crippen LogP contribution in [0, 0.1) is 0 Å². The number of halogens is 4. The van der Waals surface area contributed by atoms with E-state index in [9.17, 15) is 18.0 Å². The first-order chi connectivity index (χ1) is 12.6. The zero-order valence-corrected chi connectivity index (χ0v) is 17.3. The highest BCUT2D eigenvalue weighted by atomic mass is 127. The van der Waals surface area contributed by atoms with Gasteiger partial charge in [-0.3, -0.25) is 4.79 Å². The monoisotopic (exact) mass is 489 g/mol. The van der Waals surface area contributed by atoms with E-state index in [0.717, 1.165) is 16.7 Å². The second-order valence-electron chi connectivity index (χ2n) is 6.77. The smallest absolute Gasteiger partial charge is 0.360 e. The fourth-order valence-electron chi connectivity index (χ4n) is 3.71. The molecule has 7 heteroatoms. The number of ether oxygens (including phenoxy) is 1. The first-order valence-corrected chi connectivity index (χ1v) is 9.46. The summed E-state index contributed by atoms with van der Waals surface area (Å²) in [6, 6.07) is 9.57. The largest absolute Gasteiger partial charge is 0.411 e. The second-order valence-corrected chi connectivity index (χ2v) is 7.85. The summed E-state index contributed by atoms with van der Waals surface area (Å²) in [5, 5.41) is 0. The average molecular weight is 489 g/mol. The van der Waals surface area contributed by atoms with Gasteiger partial charge in [-0.25, -0.2) is 0 Å². The lowest BCUT2D eigenvalue weighted by Crippen LogP contribution is -2.47. The molecule has 27 heavy (non-hydrogen) atoms. The molecule has 2 aliphatic rings. The molecule has 1 amide bonds. The molecule has 0 radical (unpaired) electrons. The molecule has 0 saturated heterocycles. The molecular weight excluding hydrogens is 470 g/mol. The van der Waals surface area contributed by atoms with E-state index in [4.69, 9.17) is 4.74 Å². The number of hydrogen-bond acceptors (Lipinski definition) is 2. The molecule has 1 heterocycles. The van der Waals surface area contributed by atoms with Gasteiger partial charge in [0.2, 0.25) is 0 Å². The first kappa shape index (κ1) is 20.1. The van der Waals surface area contributed by atoms with Crippen molar-refractivity contribution in [2.45, 2.75) is 31.7 Å². The molecule has 0 unspecified atom stereocenters. The Morgan fingerprint density at radius 2 is 1.85 bits per heavy atom. The van der Waals surface area contributed by atoms with Crippen LogP contribution < -0.4 is 0 Å². The summed E-state index contributed by atoms with van der Waals surface area (Å²) in [6.45, 7) is 2.25. The third-order valence-corrected chi connectivity index (χ3v) is 6.00. The number of carbonyl (C=O) groups is 1. The van der Waals surface area contributed by atoms with Crippen LogP contribution in [-0.4, -0.2) is 42.3 Å². The van der Waals surface area contributed by atoms with Crippen molar-refractivity contribution >= 4 is 34.1 Å². The molecule has 1 aromatic rings. The van der Waals surface area contributed by atoms with Crippen LogP contribution in [0.5, 0.6) is 0 Å². The maximum Gasteiger partial charge on any atom is 0.411 e. The van der Waals surface area contributed by atoms with Gasteiger partial charge in [-0.15, -0.1) is 0 Å². The molecule has 0 N–H and O–H groups in total. The highest BCUT2D eigenvalue weighted by molar-refractivity contribution is 14.1. The summed E-state index contributed by atoms with van der Waals surface area (Å²) in [5.74, 6) is -0.110. The van der Waals surface area contributed by atoms with Gasteiger partial charge in [0.25, 0.3) is 5.91 Å². The van der Waals surface area contributed by atoms with Crippen molar-refractivity contribution in [3.63, 3.8) is 0 Å². The number of nitrogens with zero attached hydrogens (tertiary/aromatic N) is 1. The Morgan fingerprint density at radius 1 is 1.22 bits per heavy atom. The molecule has 3 rings (SSSR count). The fraction of sp³-hybridized carbons (Fsp3) is 0.350. The van der Waals surface area contributed by atoms with E-state index in [1.807, 2.05) is 43.3 Å². The van der Waals surface area contributed by atoms with Gasteiger partial charge >= 0.3 is 6.18 Å².